The number of carbonyl (C=O) groups is 3. The highest BCUT2D eigenvalue weighted by atomic mass is 16.5. The van der Waals surface area contributed by atoms with Gasteiger partial charge in [-0.25, -0.2) is 4.79 Å². The maximum absolute atomic E-state index is 12.3. The van der Waals surface area contributed by atoms with Crippen molar-refractivity contribution in [1.82, 2.24) is 10.2 Å². The third-order valence-corrected chi connectivity index (χ3v) is 3.76. The molecular weight excluding hydrogens is 252 g/mol. The van der Waals surface area contributed by atoms with Crippen LogP contribution in [0.2, 0.25) is 0 Å². The minimum atomic E-state index is -1.25. The van der Waals surface area contributed by atoms with Gasteiger partial charge in [0, 0.05) is 20.1 Å². The summed E-state index contributed by atoms with van der Waals surface area (Å²) in [4.78, 5) is 36.8. The molecule has 0 radical (unpaired) electrons. The van der Waals surface area contributed by atoms with Crippen LogP contribution >= 0.6 is 0 Å². The van der Waals surface area contributed by atoms with Crippen molar-refractivity contribution in [1.29, 1.82) is 0 Å². The molecule has 1 N–H and O–H groups in total. The third-order valence-electron chi connectivity index (χ3n) is 3.76. The second kappa shape index (κ2) is 4.57. The Kier molecular flexibility index (Phi) is 3.36. The molecule has 7 heteroatoms. The van der Waals surface area contributed by atoms with Gasteiger partial charge in [0.05, 0.1) is 13.2 Å². The van der Waals surface area contributed by atoms with Crippen LogP contribution in [0.3, 0.4) is 0 Å². The van der Waals surface area contributed by atoms with Crippen LogP contribution in [0, 0.1) is 5.41 Å². The van der Waals surface area contributed by atoms with E-state index >= 15 is 0 Å². The topological polar surface area (TPSA) is 84.9 Å². The normalized spacial score (nSPS) is 30.7. The summed E-state index contributed by atoms with van der Waals surface area (Å²) >= 11 is 0. The number of barbiturate groups is 1. The van der Waals surface area contributed by atoms with Gasteiger partial charge in [-0.1, -0.05) is 0 Å². The van der Waals surface area contributed by atoms with E-state index < -0.39 is 28.9 Å². The Labute approximate surface area is 111 Å². The molecular formula is C12H18N2O5. The highest BCUT2D eigenvalue weighted by molar-refractivity contribution is 6.18. The average molecular weight is 270 g/mol. The number of carbonyl (C=O) groups excluding carboxylic acids is 3. The number of hydrogen-bond donors (Lipinski definition) is 1. The second-order valence-electron chi connectivity index (χ2n) is 5.47. The largest absolute Gasteiger partial charge is 0.378 e. The number of imide groups is 2. The summed E-state index contributed by atoms with van der Waals surface area (Å²) in [6, 6.07) is -0.697. The van der Waals surface area contributed by atoms with E-state index in [4.69, 9.17) is 9.47 Å². The van der Waals surface area contributed by atoms with Gasteiger partial charge in [-0.3, -0.25) is 19.8 Å². The van der Waals surface area contributed by atoms with Crippen molar-refractivity contribution >= 4 is 17.8 Å². The van der Waals surface area contributed by atoms with Crippen molar-refractivity contribution < 1.29 is 23.9 Å². The van der Waals surface area contributed by atoms with Gasteiger partial charge < -0.3 is 9.47 Å². The number of hydrogen-bond acceptors (Lipinski definition) is 5. The molecule has 7 nitrogen and oxygen atoms in total. The SMILES string of the molecule is COC1(CN2C(=O)NC(=O)C(C)(C)C2=O)CCOC1. The molecule has 1 unspecified atom stereocenters. The van der Waals surface area contributed by atoms with Gasteiger partial charge in [0.25, 0.3) is 0 Å². The first-order chi connectivity index (χ1) is 8.82. The zero-order valence-corrected chi connectivity index (χ0v) is 11.3. The van der Waals surface area contributed by atoms with Gasteiger partial charge in [0.1, 0.15) is 11.0 Å². The van der Waals surface area contributed by atoms with Crippen molar-refractivity contribution in [3.8, 4) is 0 Å². The highest BCUT2D eigenvalue weighted by Crippen LogP contribution is 2.29. The number of amides is 4. The molecule has 19 heavy (non-hydrogen) atoms. The molecule has 0 spiro atoms. The molecule has 0 aromatic carbocycles. The summed E-state index contributed by atoms with van der Waals surface area (Å²) in [6.45, 7) is 3.93. The van der Waals surface area contributed by atoms with E-state index in [0.717, 1.165) is 4.90 Å². The molecule has 0 aromatic rings. The summed E-state index contributed by atoms with van der Waals surface area (Å²) < 4.78 is 10.7. The van der Waals surface area contributed by atoms with Crippen LogP contribution in [-0.2, 0) is 19.1 Å². The fraction of sp³-hybridized carbons (Fsp3) is 0.750. The number of rotatable bonds is 3. The van der Waals surface area contributed by atoms with Crippen LogP contribution in [0.1, 0.15) is 20.3 Å². The molecule has 0 aromatic heterocycles. The molecule has 0 saturated carbocycles. The number of nitrogens with one attached hydrogen (secondary N) is 1. The molecule has 2 heterocycles. The minimum absolute atomic E-state index is 0.0882. The molecule has 4 amide bonds. The standard InChI is InChI=1S/C12H18N2O5/c1-11(2)8(15)13-10(17)14(9(11)16)6-12(18-3)4-5-19-7-12/h4-7H2,1-3H3,(H,13,15,17). The maximum atomic E-state index is 12.3. The molecule has 0 aliphatic carbocycles. The fourth-order valence-electron chi connectivity index (χ4n) is 2.22. The first-order valence-corrected chi connectivity index (χ1v) is 6.13. The number of methoxy groups -OCH3 is 1. The molecule has 2 aliphatic heterocycles. The average Bonchev–Trinajstić information content (AvgIpc) is 2.82. The van der Waals surface area contributed by atoms with E-state index in [1.54, 1.807) is 0 Å². The smallest absolute Gasteiger partial charge is 0.330 e. The van der Waals surface area contributed by atoms with Gasteiger partial charge in [0.15, 0.2) is 0 Å². The minimum Gasteiger partial charge on any atom is -0.378 e. The van der Waals surface area contributed by atoms with Crippen molar-refractivity contribution in [3.63, 3.8) is 0 Å². The van der Waals surface area contributed by atoms with E-state index in [1.807, 2.05) is 0 Å². The Hall–Kier alpha value is -1.47. The fourth-order valence-corrected chi connectivity index (χ4v) is 2.22. The van der Waals surface area contributed by atoms with E-state index in [0.29, 0.717) is 19.6 Å². The highest BCUT2D eigenvalue weighted by Gasteiger charge is 2.50. The molecule has 1 atom stereocenters. The lowest BCUT2D eigenvalue weighted by atomic mass is 9.88. The lowest BCUT2D eigenvalue weighted by Gasteiger charge is -2.38. The quantitative estimate of drug-likeness (QED) is 0.724. The number of ether oxygens (including phenoxy) is 2. The van der Waals surface area contributed by atoms with Crippen LogP contribution in [-0.4, -0.2) is 55.2 Å². The van der Waals surface area contributed by atoms with E-state index in [1.165, 1.54) is 21.0 Å². The predicted molar refractivity (Wildman–Crippen MR) is 64.2 cm³/mol. The van der Waals surface area contributed by atoms with Crippen LogP contribution in [0.5, 0.6) is 0 Å². The molecule has 2 aliphatic rings. The summed E-state index contributed by atoms with van der Waals surface area (Å²) in [5.41, 5.74) is -1.92. The van der Waals surface area contributed by atoms with Crippen molar-refractivity contribution in [2.75, 3.05) is 26.9 Å². The predicted octanol–water partition coefficient (Wildman–Crippen LogP) is -0.103. The van der Waals surface area contributed by atoms with E-state index in [2.05, 4.69) is 5.32 Å². The lowest BCUT2D eigenvalue weighted by Crippen LogP contribution is -2.64. The Morgan fingerprint density at radius 2 is 2.05 bits per heavy atom. The molecule has 2 fully saturated rings. The summed E-state index contributed by atoms with van der Waals surface area (Å²) in [5.74, 6) is -1.09. The summed E-state index contributed by atoms with van der Waals surface area (Å²) in [6.07, 6.45) is 0.606. The Morgan fingerprint density at radius 3 is 2.58 bits per heavy atom. The van der Waals surface area contributed by atoms with Crippen LogP contribution in [0.15, 0.2) is 0 Å². The van der Waals surface area contributed by atoms with Crippen LogP contribution < -0.4 is 5.32 Å². The summed E-state index contributed by atoms with van der Waals surface area (Å²) in [5, 5.41) is 2.20. The van der Waals surface area contributed by atoms with Gasteiger partial charge in [-0.05, 0) is 13.8 Å². The summed E-state index contributed by atoms with van der Waals surface area (Å²) in [7, 11) is 1.53. The Morgan fingerprint density at radius 1 is 1.37 bits per heavy atom. The van der Waals surface area contributed by atoms with E-state index in [9.17, 15) is 14.4 Å². The molecule has 2 rings (SSSR count). The first kappa shape index (κ1) is 14.0. The molecule has 106 valence electrons. The number of urea groups is 1. The zero-order valence-electron chi connectivity index (χ0n) is 11.3. The van der Waals surface area contributed by atoms with E-state index in [-0.39, 0.29) is 6.54 Å². The maximum Gasteiger partial charge on any atom is 0.330 e. The molecule has 0 bridgehead atoms. The van der Waals surface area contributed by atoms with Gasteiger partial charge in [-0.15, -0.1) is 0 Å². The second-order valence-corrected chi connectivity index (χ2v) is 5.47. The zero-order chi connectivity index (χ0) is 14.3. The number of nitrogens with zero attached hydrogens (tertiary/aromatic N) is 1. The molecule has 2 saturated heterocycles. The van der Waals surface area contributed by atoms with Crippen LogP contribution in [0.4, 0.5) is 4.79 Å². The van der Waals surface area contributed by atoms with Gasteiger partial charge >= 0.3 is 6.03 Å². The van der Waals surface area contributed by atoms with Crippen molar-refractivity contribution in [2.45, 2.75) is 25.9 Å². The van der Waals surface area contributed by atoms with Crippen molar-refractivity contribution in [3.05, 3.63) is 0 Å². The lowest BCUT2D eigenvalue weighted by molar-refractivity contribution is -0.151. The Bertz CT molecular complexity index is 426. The van der Waals surface area contributed by atoms with Gasteiger partial charge in [0.2, 0.25) is 11.8 Å². The first-order valence-electron chi connectivity index (χ1n) is 6.13. The van der Waals surface area contributed by atoms with Crippen LogP contribution in [0.25, 0.3) is 0 Å². The Balaban J connectivity index is 2.21. The van der Waals surface area contributed by atoms with Crippen molar-refractivity contribution in [2.24, 2.45) is 5.41 Å². The third kappa shape index (κ3) is 2.23. The van der Waals surface area contributed by atoms with Gasteiger partial charge in [-0.2, -0.15) is 0 Å². The monoisotopic (exact) mass is 270 g/mol.